The van der Waals surface area contributed by atoms with Crippen LogP contribution < -0.4 is 61.2 Å². The fourth-order valence-corrected chi connectivity index (χ4v) is 24.8. The van der Waals surface area contributed by atoms with Gasteiger partial charge in [-0.2, -0.15) is 0 Å². The summed E-state index contributed by atoms with van der Waals surface area (Å²) in [7, 11) is -8.18. The van der Waals surface area contributed by atoms with Crippen LogP contribution in [0.3, 0.4) is 0 Å². The van der Waals surface area contributed by atoms with Gasteiger partial charge in [0, 0.05) is 66.4 Å². The summed E-state index contributed by atoms with van der Waals surface area (Å²) in [6.07, 6.45) is 0. The number of para-hydroxylation sites is 6. The van der Waals surface area contributed by atoms with Crippen molar-refractivity contribution in [1.82, 2.24) is 0 Å². The van der Waals surface area contributed by atoms with Crippen molar-refractivity contribution in [3.05, 3.63) is 315 Å². The summed E-state index contributed by atoms with van der Waals surface area (Å²) in [6.45, 7) is 0. The molecule has 96 heavy (non-hydrogen) atoms. The van der Waals surface area contributed by atoms with Crippen molar-refractivity contribution in [3.8, 4) is 0 Å². The molecule has 0 saturated carbocycles. The smallest absolute Gasteiger partial charge is 0.183 e. The van der Waals surface area contributed by atoms with Crippen molar-refractivity contribution >= 4 is 202 Å². The Morgan fingerprint density at radius 3 is 0.625 bits per heavy atom. The maximum atomic E-state index is 19.4. The van der Waals surface area contributed by atoms with Crippen molar-refractivity contribution in [2.45, 2.75) is 0 Å². The first-order valence-corrected chi connectivity index (χ1v) is 36.1. The lowest BCUT2D eigenvalue weighted by atomic mass is 9.95. The van der Waals surface area contributed by atoms with Gasteiger partial charge < -0.3 is 38.5 Å². The quantitative estimate of drug-likeness (QED) is 0.153. The van der Waals surface area contributed by atoms with Gasteiger partial charge in [0.15, 0.2) is 14.3 Å². The zero-order valence-electron chi connectivity index (χ0n) is 51.4. The fourth-order valence-electron chi connectivity index (χ4n) is 17.4. The third kappa shape index (κ3) is 6.50. The molecule has 16 aromatic carbocycles. The molecule has 2 unspecified atom stereocenters. The molecule has 22 rings (SSSR count). The zero-order chi connectivity index (χ0) is 62.9. The minimum absolute atomic E-state index is 0.755. The van der Waals surface area contributed by atoms with E-state index >= 15 is 9.13 Å². The second-order valence-electron chi connectivity index (χ2n) is 25.8. The van der Waals surface area contributed by atoms with E-state index in [-0.39, 0.29) is 0 Å². The van der Waals surface area contributed by atoms with Gasteiger partial charge in [-0.15, -0.1) is 0 Å². The second-order valence-corrected chi connectivity index (χ2v) is 30.9. The van der Waals surface area contributed by atoms with E-state index in [9.17, 15) is 0 Å². The lowest BCUT2D eigenvalue weighted by molar-refractivity contribution is 0.591. The highest BCUT2D eigenvalue weighted by Gasteiger charge is 2.60. The standard InChI is InChI=1S/C86H52N6O2P2/c93-95-81-69-47-53-27-19-23-43-63(53)75(81)91(61-39-15-5-16-40-61)77-65-45-25-21-29-55(65)49-71(83(77)95)89(59-35-11-3-12-36-59)79-68-52-74-86-80(67(68)51-73(85(79)95)87(69)57-31-7-1-8-32-57)90(60-37-13-4-14-38-60)72-50-56-30-22-26-46-66(56)78-84(72)96(86,94)82-70(88(74)58-33-9-2-10-34-58)48-54-28-20-24-44-64(54)76(82)92(78)62-41-17-6-18-42-62/h1-52H. The molecule has 6 aliphatic heterocycles. The monoisotopic (exact) mass is 1260 g/mol. The van der Waals surface area contributed by atoms with Gasteiger partial charge in [0.2, 0.25) is 0 Å². The molecule has 8 nitrogen and oxygen atoms in total. The first kappa shape index (κ1) is 52.6. The molecule has 0 aromatic heterocycles. The van der Waals surface area contributed by atoms with Crippen molar-refractivity contribution in [1.29, 1.82) is 0 Å². The van der Waals surface area contributed by atoms with Gasteiger partial charge in [0.1, 0.15) is 0 Å². The minimum Gasteiger partial charge on any atom is -0.309 e. The van der Waals surface area contributed by atoms with Crippen LogP contribution in [-0.4, -0.2) is 0 Å². The molecule has 16 aromatic rings. The lowest BCUT2D eigenvalue weighted by Gasteiger charge is -2.52. The summed E-state index contributed by atoms with van der Waals surface area (Å²) in [5.41, 5.74) is 15.9. The van der Waals surface area contributed by atoms with Crippen LogP contribution in [0.4, 0.5) is 102 Å². The van der Waals surface area contributed by atoms with Gasteiger partial charge in [0.05, 0.1) is 100 Å². The first-order chi connectivity index (χ1) is 47.5. The molecule has 0 saturated heterocycles. The van der Waals surface area contributed by atoms with Crippen LogP contribution in [-0.2, 0) is 9.13 Å². The maximum Gasteiger partial charge on any atom is 0.183 e. The van der Waals surface area contributed by atoms with Gasteiger partial charge in [-0.25, -0.2) is 0 Å². The van der Waals surface area contributed by atoms with Gasteiger partial charge in [-0.05, 0) is 131 Å². The Hall–Kier alpha value is -11.9. The van der Waals surface area contributed by atoms with E-state index in [4.69, 9.17) is 0 Å². The molecule has 0 bridgehead atoms. The third-order valence-electron chi connectivity index (χ3n) is 21.0. The SMILES string of the molecule is O=P12c3c4cc5ccccc5c3N(c3ccccc3)c3c1c(cc1ccccc31)N(c1ccccc1)c1c2c(cc2c3c5c(cc12)N(c1ccccc1)c1cc2ccccc2c2c1P5(=O)c1c(cc5ccccc5c1N2c1ccccc1)N3c1ccccc1)N4c1ccccc1. The summed E-state index contributed by atoms with van der Waals surface area (Å²) in [4.78, 5) is 14.6. The Morgan fingerprint density at radius 1 is 0.177 bits per heavy atom. The zero-order valence-corrected chi connectivity index (χ0v) is 53.2. The van der Waals surface area contributed by atoms with Crippen molar-refractivity contribution in [3.63, 3.8) is 0 Å². The van der Waals surface area contributed by atoms with Crippen LogP contribution in [0.2, 0.25) is 0 Å². The average Bonchev–Trinajstić information content (AvgIpc) is 0.648. The van der Waals surface area contributed by atoms with Gasteiger partial charge >= 0.3 is 0 Å². The Balaban J connectivity index is 1.00. The van der Waals surface area contributed by atoms with Crippen molar-refractivity contribution < 1.29 is 9.13 Å². The van der Waals surface area contributed by atoms with Crippen molar-refractivity contribution in [2.75, 3.05) is 29.4 Å². The first-order valence-electron chi connectivity index (χ1n) is 32.7. The summed E-state index contributed by atoms with van der Waals surface area (Å²) in [6, 6.07) is 113. The number of fused-ring (bicyclic) bond motifs is 11. The molecule has 6 aliphatic rings. The molecule has 448 valence electrons. The van der Waals surface area contributed by atoms with E-state index in [0.29, 0.717) is 0 Å². The molecular formula is C86H52N6O2P2. The number of benzene rings is 16. The Bertz CT molecular complexity index is 5810. The van der Waals surface area contributed by atoms with E-state index in [1.54, 1.807) is 0 Å². The molecule has 0 amide bonds. The second kappa shape index (κ2) is 18.9. The number of hydrogen-bond donors (Lipinski definition) is 0. The van der Waals surface area contributed by atoms with E-state index in [1.807, 2.05) is 0 Å². The predicted octanol–water partition coefficient (Wildman–Crippen LogP) is 21.4. The molecule has 0 spiro atoms. The lowest BCUT2D eigenvalue weighted by Crippen LogP contribution is -2.49. The number of hydrogen-bond acceptors (Lipinski definition) is 8. The summed E-state index contributed by atoms with van der Waals surface area (Å²) >= 11 is 0. The van der Waals surface area contributed by atoms with Gasteiger partial charge in [-0.1, -0.05) is 206 Å². The van der Waals surface area contributed by atoms with Gasteiger partial charge in [-0.3, -0.25) is 0 Å². The molecule has 0 radical (unpaired) electrons. The van der Waals surface area contributed by atoms with Crippen molar-refractivity contribution in [2.24, 2.45) is 0 Å². The number of nitrogens with zero attached hydrogens (tertiary/aromatic N) is 6. The van der Waals surface area contributed by atoms with Crippen LogP contribution in [0.1, 0.15) is 0 Å². The van der Waals surface area contributed by atoms with Crippen LogP contribution in [0.5, 0.6) is 0 Å². The largest absolute Gasteiger partial charge is 0.309 e. The summed E-state index contributed by atoms with van der Waals surface area (Å²) < 4.78 is 38.8. The molecule has 6 heterocycles. The number of rotatable bonds is 6. The summed E-state index contributed by atoms with van der Waals surface area (Å²) in [5, 5.41) is 14.6. The average molecular weight is 1260 g/mol. The van der Waals surface area contributed by atoms with E-state index in [1.165, 1.54) is 0 Å². The predicted molar refractivity (Wildman–Crippen MR) is 402 cm³/mol. The van der Waals surface area contributed by atoms with Crippen LogP contribution in [0.25, 0.3) is 53.9 Å². The minimum atomic E-state index is -4.09. The molecule has 10 heteroatoms. The molecule has 0 N–H and O–H groups in total. The third-order valence-corrected chi connectivity index (χ3v) is 27.4. The molecule has 2 atom stereocenters. The highest BCUT2D eigenvalue weighted by atomic mass is 31.2. The van der Waals surface area contributed by atoms with E-state index in [0.717, 1.165) is 188 Å². The van der Waals surface area contributed by atoms with Crippen LogP contribution in [0.15, 0.2) is 315 Å². The fraction of sp³-hybridized carbons (Fsp3) is 0. The number of anilines is 18. The van der Waals surface area contributed by atoms with E-state index in [2.05, 4.69) is 345 Å². The molecule has 0 aliphatic carbocycles. The highest BCUT2D eigenvalue weighted by molar-refractivity contribution is 7.88. The van der Waals surface area contributed by atoms with Crippen LogP contribution in [0, 0.1) is 0 Å². The Labute approximate surface area is 553 Å². The summed E-state index contributed by atoms with van der Waals surface area (Å²) in [5.74, 6) is 0. The topological polar surface area (TPSA) is 53.6 Å². The van der Waals surface area contributed by atoms with Gasteiger partial charge in [0.25, 0.3) is 0 Å². The Kier molecular flexibility index (Phi) is 10.3. The highest BCUT2D eigenvalue weighted by Crippen LogP contribution is 2.73. The van der Waals surface area contributed by atoms with E-state index < -0.39 is 14.3 Å². The molecule has 0 fully saturated rings. The maximum absolute atomic E-state index is 19.4. The normalized spacial score (nSPS) is 17.0. The Morgan fingerprint density at radius 2 is 0.365 bits per heavy atom. The van der Waals surface area contributed by atoms with Crippen LogP contribution >= 0.6 is 14.3 Å². The molecular weight excluding hydrogens is 1210 g/mol.